The lowest BCUT2D eigenvalue weighted by molar-refractivity contribution is -0.156. The Hall–Kier alpha value is -0.710. The highest BCUT2D eigenvalue weighted by atomic mass is 32.1. The zero-order chi connectivity index (χ0) is 14.5. The fraction of sp³-hybridized carbons (Fsp3) is 0.857. The van der Waals surface area contributed by atoms with Gasteiger partial charge in [0.25, 0.3) is 0 Å². The van der Waals surface area contributed by atoms with Crippen molar-refractivity contribution >= 4 is 24.4 Å². The fourth-order valence-corrected chi connectivity index (χ4v) is 3.30. The van der Waals surface area contributed by atoms with Crippen LogP contribution in [-0.4, -0.2) is 54.0 Å². The van der Waals surface area contributed by atoms with Gasteiger partial charge in [-0.05, 0) is 24.0 Å². The Morgan fingerprint density at radius 3 is 2.16 bits per heavy atom. The second-order valence-corrected chi connectivity index (χ2v) is 5.93. The van der Waals surface area contributed by atoms with Gasteiger partial charge in [0, 0.05) is 26.7 Å². The summed E-state index contributed by atoms with van der Waals surface area (Å²) >= 11 is 4.51. The summed E-state index contributed by atoms with van der Waals surface area (Å²) in [4.78, 5) is 27.0. The highest BCUT2D eigenvalue weighted by Crippen LogP contribution is 2.32. The van der Waals surface area contributed by atoms with Gasteiger partial charge in [-0.2, -0.15) is 12.6 Å². The van der Waals surface area contributed by atoms with Crippen molar-refractivity contribution in [3.63, 3.8) is 0 Å². The zero-order valence-corrected chi connectivity index (χ0v) is 13.2. The van der Waals surface area contributed by atoms with Crippen LogP contribution >= 0.6 is 12.6 Å². The molecule has 0 bridgehead atoms. The van der Waals surface area contributed by atoms with Crippen molar-refractivity contribution in [1.82, 2.24) is 9.80 Å². The fourth-order valence-electron chi connectivity index (χ4n) is 2.88. The Morgan fingerprint density at radius 2 is 1.68 bits per heavy atom. The van der Waals surface area contributed by atoms with Gasteiger partial charge < -0.3 is 9.80 Å². The molecule has 0 aromatic heterocycles. The van der Waals surface area contributed by atoms with Crippen LogP contribution in [0.3, 0.4) is 0 Å². The van der Waals surface area contributed by atoms with E-state index >= 15 is 0 Å². The molecule has 4 nitrogen and oxygen atoms in total. The van der Waals surface area contributed by atoms with Crippen LogP contribution in [0.1, 0.15) is 39.5 Å². The Kier molecular flexibility index (Phi) is 6.17. The largest absolute Gasteiger partial charge is 0.336 e. The standard InChI is InChI=1S/C14H26N2O2S/c1-4-6-14(11-19,7-5-2)10-16-9-8-15(3)12(17)13(16)18/h19H,4-11H2,1-3H3. The van der Waals surface area contributed by atoms with E-state index in [4.69, 9.17) is 0 Å². The topological polar surface area (TPSA) is 40.6 Å². The first kappa shape index (κ1) is 16.3. The third-order valence-electron chi connectivity index (χ3n) is 3.94. The molecule has 2 amide bonds. The lowest BCUT2D eigenvalue weighted by Crippen LogP contribution is -2.55. The van der Waals surface area contributed by atoms with Crippen molar-refractivity contribution in [1.29, 1.82) is 0 Å². The Labute approximate surface area is 121 Å². The molecule has 1 saturated heterocycles. The van der Waals surface area contributed by atoms with E-state index in [0.717, 1.165) is 31.4 Å². The number of thiol groups is 1. The summed E-state index contributed by atoms with van der Waals surface area (Å²) in [6.45, 7) is 6.25. The molecule has 0 aromatic rings. The molecule has 110 valence electrons. The molecule has 1 aliphatic heterocycles. The average Bonchev–Trinajstić information content (AvgIpc) is 2.40. The van der Waals surface area contributed by atoms with Crippen LogP contribution in [0.25, 0.3) is 0 Å². The highest BCUT2D eigenvalue weighted by molar-refractivity contribution is 7.80. The lowest BCUT2D eigenvalue weighted by Gasteiger charge is -2.40. The van der Waals surface area contributed by atoms with Gasteiger partial charge in [0.15, 0.2) is 0 Å². The summed E-state index contributed by atoms with van der Waals surface area (Å²) in [7, 11) is 1.68. The third kappa shape index (κ3) is 3.88. The Balaban J connectivity index is 2.78. The Morgan fingerprint density at radius 1 is 1.11 bits per heavy atom. The molecule has 5 heteroatoms. The van der Waals surface area contributed by atoms with E-state index in [1.807, 2.05) is 0 Å². The average molecular weight is 286 g/mol. The van der Waals surface area contributed by atoms with Gasteiger partial charge in [-0.15, -0.1) is 0 Å². The minimum atomic E-state index is -0.382. The van der Waals surface area contributed by atoms with E-state index in [1.165, 1.54) is 4.90 Å². The molecule has 0 N–H and O–H groups in total. The normalized spacial score (nSPS) is 17.3. The smallest absolute Gasteiger partial charge is 0.312 e. The van der Waals surface area contributed by atoms with Gasteiger partial charge in [-0.1, -0.05) is 26.7 Å². The van der Waals surface area contributed by atoms with Crippen LogP contribution in [-0.2, 0) is 9.59 Å². The maximum atomic E-state index is 12.0. The van der Waals surface area contributed by atoms with Crippen LogP contribution in [0.15, 0.2) is 0 Å². The number of carbonyl (C=O) groups is 2. The van der Waals surface area contributed by atoms with E-state index in [0.29, 0.717) is 19.6 Å². The molecule has 1 heterocycles. The van der Waals surface area contributed by atoms with E-state index < -0.39 is 0 Å². The number of likely N-dealkylation sites (N-methyl/N-ethyl adjacent to an activating group) is 1. The van der Waals surface area contributed by atoms with Crippen molar-refractivity contribution in [2.24, 2.45) is 5.41 Å². The maximum absolute atomic E-state index is 12.0. The number of carbonyl (C=O) groups excluding carboxylic acids is 2. The van der Waals surface area contributed by atoms with Gasteiger partial charge in [0.2, 0.25) is 0 Å². The van der Waals surface area contributed by atoms with Gasteiger partial charge >= 0.3 is 11.8 Å². The number of hydrogen-bond donors (Lipinski definition) is 1. The molecule has 0 saturated carbocycles. The van der Waals surface area contributed by atoms with Gasteiger partial charge in [-0.25, -0.2) is 0 Å². The van der Waals surface area contributed by atoms with Crippen molar-refractivity contribution < 1.29 is 9.59 Å². The van der Waals surface area contributed by atoms with E-state index in [1.54, 1.807) is 11.9 Å². The molecule has 0 aliphatic carbocycles. The summed E-state index contributed by atoms with van der Waals surface area (Å²) < 4.78 is 0. The first-order chi connectivity index (χ1) is 8.99. The van der Waals surface area contributed by atoms with Gasteiger partial charge in [0.05, 0.1) is 0 Å². The minimum absolute atomic E-state index is 0.0540. The van der Waals surface area contributed by atoms with Gasteiger partial charge in [0.1, 0.15) is 0 Å². The van der Waals surface area contributed by atoms with Crippen molar-refractivity contribution in [2.75, 3.05) is 32.4 Å². The number of piperazine rings is 1. The first-order valence-electron chi connectivity index (χ1n) is 7.15. The monoisotopic (exact) mass is 286 g/mol. The lowest BCUT2D eigenvalue weighted by atomic mass is 9.80. The van der Waals surface area contributed by atoms with Crippen molar-refractivity contribution in [3.05, 3.63) is 0 Å². The van der Waals surface area contributed by atoms with E-state index in [9.17, 15) is 9.59 Å². The van der Waals surface area contributed by atoms with Crippen LogP contribution in [0.5, 0.6) is 0 Å². The predicted molar refractivity (Wildman–Crippen MR) is 80.3 cm³/mol. The van der Waals surface area contributed by atoms with E-state index in [-0.39, 0.29) is 17.2 Å². The number of hydrogen-bond acceptors (Lipinski definition) is 3. The second-order valence-electron chi connectivity index (χ2n) is 5.61. The Bertz CT molecular complexity index is 327. The molecule has 0 unspecified atom stereocenters. The number of rotatable bonds is 7. The van der Waals surface area contributed by atoms with Crippen LogP contribution < -0.4 is 0 Å². The number of amides is 2. The SMILES string of the molecule is CCCC(CS)(CCC)CN1CCN(C)C(=O)C1=O. The quantitative estimate of drug-likeness (QED) is 0.573. The van der Waals surface area contributed by atoms with Crippen LogP contribution in [0, 0.1) is 5.41 Å². The highest BCUT2D eigenvalue weighted by Gasteiger charge is 2.36. The number of nitrogens with zero attached hydrogens (tertiary/aromatic N) is 2. The molecular formula is C14H26N2O2S. The molecule has 0 aromatic carbocycles. The molecule has 0 atom stereocenters. The summed E-state index contributed by atoms with van der Waals surface area (Å²) in [5, 5.41) is 0. The first-order valence-corrected chi connectivity index (χ1v) is 7.78. The van der Waals surface area contributed by atoms with E-state index in [2.05, 4.69) is 26.5 Å². The predicted octanol–water partition coefficient (Wildman–Crippen LogP) is 1.80. The van der Waals surface area contributed by atoms with Crippen molar-refractivity contribution in [2.45, 2.75) is 39.5 Å². The van der Waals surface area contributed by atoms with Gasteiger partial charge in [-0.3, -0.25) is 9.59 Å². The van der Waals surface area contributed by atoms with Crippen molar-refractivity contribution in [3.8, 4) is 0 Å². The maximum Gasteiger partial charge on any atom is 0.312 e. The van der Waals surface area contributed by atoms with Crippen LogP contribution in [0.2, 0.25) is 0 Å². The summed E-state index contributed by atoms with van der Waals surface area (Å²) in [5.41, 5.74) is 0.0540. The molecule has 0 spiro atoms. The minimum Gasteiger partial charge on any atom is -0.336 e. The zero-order valence-electron chi connectivity index (χ0n) is 12.3. The molecule has 1 aliphatic rings. The molecule has 19 heavy (non-hydrogen) atoms. The molecule has 1 rings (SSSR count). The molecular weight excluding hydrogens is 260 g/mol. The summed E-state index contributed by atoms with van der Waals surface area (Å²) in [5.74, 6) is 0.0297. The summed E-state index contributed by atoms with van der Waals surface area (Å²) in [6, 6.07) is 0. The van der Waals surface area contributed by atoms with Crippen LogP contribution in [0.4, 0.5) is 0 Å². The molecule has 0 radical (unpaired) electrons. The second kappa shape index (κ2) is 7.17. The molecule has 1 fully saturated rings. The summed E-state index contributed by atoms with van der Waals surface area (Å²) in [6.07, 6.45) is 4.27. The third-order valence-corrected chi connectivity index (χ3v) is 4.62.